The van der Waals surface area contributed by atoms with Crippen LogP contribution in [0.1, 0.15) is 31.1 Å². The second-order valence-electron chi connectivity index (χ2n) is 4.95. The fourth-order valence-electron chi connectivity index (χ4n) is 1.65. The average Bonchev–Trinajstić information content (AvgIpc) is 2.65. The van der Waals surface area contributed by atoms with Crippen LogP contribution in [0, 0.1) is 0 Å². The second-order valence-corrected chi connectivity index (χ2v) is 4.95. The molecular formula is C13H14N2O3. The minimum Gasteiger partial charge on any atom is -0.443 e. The molecule has 0 aliphatic heterocycles. The van der Waals surface area contributed by atoms with Crippen LogP contribution in [0.3, 0.4) is 0 Å². The molecule has 5 nitrogen and oxygen atoms in total. The smallest absolute Gasteiger partial charge is 0.419 e. The summed E-state index contributed by atoms with van der Waals surface area (Å²) in [5.74, 6) is 0. The Morgan fingerprint density at radius 2 is 2.17 bits per heavy atom. The van der Waals surface area contributed by atoms with E-state index in [-0.39, 0.29) is 0 Å². The number of aldehydes is 1. The lowest BCUT2D eigenvalue weighted by Crippen LogP contribution is -2.26. The highest BCUT2D eigenvalue weighted by Crippen LogP contribution is 2.20. The van der Waals surface area contributed by atoms with E-state index in [1.165, 1.54) is 10.8 Å². The zero-order valence-electron chi connectivity index (χ0n) is 10.5. The van der Waals surface area contributed by atoms with E-state index in [1.54, 1.807) is 39.2 Å². The van der Waals surface area contributed by atoms with Gasteiger partial charge in [-0.3, -0.25) is 14.3 Å². The van der Waals surface area contributed by atoms with Gasteiger partial charge in [-0.2, -0.15) is 0 Å². The number of pyridine rings is 1. The SMILES string of the molecule is CC(C)(C)OC(=O)n1cc(C=O)c2cnccc21. The van der Waals surface area contributed by atoms with Crippen molar-refractivity contribution in [2.45, 2.75) is 26.4 Å². The zero-order chi connectivity index (χ0) is 13.3. The highest BCUT2D eigenvalue weighted by Gasteiger charge is 2.20. The number of ether oxygens (including phenoxy) is 1. The molecule has 0 unspecified atom stereocenters. The minimum absolute atomic E-state index is 0.420. The fraction of sp³-hybridized carbons (Fsp3) is 0.308. The van der Waals surface area contributed by atoms with Crippen LogP contribution in [0.25, 0.3) is 10.9 Å². The molecule has 0 amide bonds. The number of hydrogen-bond donors (Lipinski definition) is 0. The summed E-state index contributed by atoms with van der Waals surface area (Å²) < 4.78 is 6.60. The van der Waals surface area contributed by atoms with Gasteiger partial charge < -0.3 is 4.74 Å². The van der Waals surface area contributed by atoms with Gasteiger partial charge in [-0.25, -0.2) is 4.79 Å². The molecule has 0 radical (unpaired) electrons. The third kappa shape index (κ3) is 2.25. The van der Waals surface area contributed by atoms with E-state index in [4.69, 9.17) is 4.74 Å². The molecule has 0 spiro atoms. The molecule has 0 saturated heterocycles. The molecule has 0 aliphatic rings. The Morgan fingerprint density at radius 3 is 2.78 bits per heavy atom. The maximum absolute atomic E-state index is 12.0. The van der Waals surface area contributed by atoms with Crippen LogP contribution in [0.5, 0.6) is 0 Å². The molecule has 2 heterocycles. The number of rotatable bonds is 1. The topological polar surface area (TPSA) is 61.2 Å². The number of fused-ring (bicyclic) bond motifs is 1. The summed E-state index contributed by atoms with van der Waals surface area (Å²) in [7, 11) is 0. The van der Waals surface area contributed by atoms with Crippen molar-refractivity contribution in [2.24, 2.45) is 0 Å². The summed E-state index contributed by atoms with van der Waals surface area (Å²) in [6.07, 6.45) is 4.78. The number of nitrogens with zero attached hydrogens (tertiary/aromatic N) is 2. The van der Waals surface area contributed by atoms with Crippen LogP contribution in [0.2, 0.25) is 0 Å². The van der Waals surface area contributed by atoms with Crippen LogP contribution in [0.15, 0.2) is 24.7 Å². The highest BCUT2D eigenvalue weighted by atomic mass is 16.6. The van der Waals surface area contributed by atoms with Crippen LogP contribution in [-0.4, -0.2) is 27.5 Å². The van der Waals surface area contributed by atoms with Crippen molar-refractivity contribution in [1.29, 1.82) is 0 Å². The monoisotopic (exact) mass is 246 g/mol. The van der Waals surface area contributed by atoms with Crippen molar-refractivity contribution in [2.75, 3.05) is 0 Å². The minimum atomic E-state index is -0.581. The lowest BCUT2D eigenvalue weighted by atomic mass is 10.2. The van der Waals surface area contributed by atoms with Gasteiger partial charge in [0.2, 0.25) is 0 Å². The molecule has 0 bridgehead atoms. The molecule has 2 rings (SSSR count). The molecule has 0 N–H and O–H groups in total. The first-order valence-corrected chi connectivity index (χ1v) is 5.56. The fourth-order valence-corrected chi connectivity index (χ4v) is 1.65. The van der Waals surface area contributed by atoms with Gasteiger partial charge in [-0.15, -0.1) is 0 Å². The van der Waals surface area contributed by atoms with Crippen molar-refractivity contribution < 1.29 is 14.3 Å². The molecule has 0 atom stereocenters. The molecule has 2 aromatic rings. The molecule has 94 valence electrons. The summed E-state index contributed by atoms with van der Waals surface area (Å²) >= 11 is 0. The number of carbonyl (C=O) groups excluding carboxylic acids is 2. The molecule has 5 heteroatoms. The Bertz CT molecular complexity index is 608. The van der Waals surface area contributed by atoms with Gasteiger partial charge in [0.1, 0.15) is 5.60 Å². The number of carbonyl (C=O) groups is 2. The maximum Gasteiger partial charge on any atom is 0.419 e. The third-order valence-corrected chi connectivity index (χ3v) is 2.35. The quantitative estimate of drug-likeness (QED) is 0.726. The largest absolute Gasteiger partial charge is 0.443 e. The van der Waals surface area contributed by atoms with Gasteiger partial charge in [0.15, 0.2) is 6.29 Å². The Morgan fingerprint density at radius 1 is 1.44 bits per heavy atom. The lowest BCUT2D eigenvalue weighted by Gasteiger charge is -2.19. The Labute approximate surface area is 104 Å². The second kappa shape index (κ2) is 4.25. The highest BCUT2D eigenvalue weighted by molar-refractivity contribution is 6.00. The lowest BCUT2D eigenvalue weighted by molar-refractivity contribution is 0.0544. The van der Waals surface area contributed by atoms with Crippen molar-refractivity contribution in [3.8, 4) is 0 Å². The molecule has 2 aromatic heterocycles. The van der Waals surface area contributed by atoms with E-state index in [9.17, 15) is 9.59 Å². The molecule has 0 aromatic carbocycles. The summed E-state index contributed by atoms with van der Waals surface area (Å²) in [5, 5.41) is 0.637. The molecule has 0 aliphatic carbocycles. The summed E-state index contributed by atoms with van der Waals surface area (Å²) in [6.45, 7) is 5.37. The first-order valence-electron chi connectivity index (χ1n) is 5.56. The van der Waals surface area contributed by atoms with E-state index in [0.29, 0.717) is 22.8 Å². The maximum atomic E-state index is 12.0. The van der Waals surface area contributed by atoms with E-state index in [2.05, 4.69) is 4.98 Å². The van der Waals surface area contributed by atoms with Gasteiger partial charge in [-0.05, 0) is 26.8 Å². The first-order chi connectivity index (χ1) is 8.42. The summed E-state index contributed by atoms with van der Waals surface area (Å²) in [4.78, 5) is 26.9. The van der Waals surface area contributed by atoms with Gasteiger partial charge in [0.25, 0.3) is 0 Å². The average molecular weight is 246 g/mol. The molecule has 18 heavy (non-hydrogen) atoms. The predicted octanol–water partition coefficient (Wildman–Crippen LogP) is 2.63. The van der Waals surface area contributed by atoms with E-state index in [0.717, 1.165) is 0 Å². The molecular weight excluding hydrogens is 232 g/mol. The van der Waals surface area contributed by atoms with Gasteiger partial charge in [-0.1, -0.05) is 0 Å². The van der Waals surface area contributed by atoms with E-state index >= 15 is 0 Å². The first kappa shape index (κ1) is 12.3. The Kier molecular flexibility index (Phi) is 2.90. The van der Waals surface area contributed by atoms with Gasteiger partial charge in [0, 0.05) is 29.5 Å². The van der Waals surface area contributed by atoms with E-state index in [1.807, 2.05) is 0 Å². The van der Waals surface area contributed by atoms with E-state index < -0.39 is 11.7 Å². The van der Waals surface area contributed by atoms with Crippen molar-refractivity contribution >= 4 is 23.3 Å². The number of hydrogen-bond acceptors (Lipinski definition) is 4. The van der Waals surface area contributed by atoms with Crippen molar-refractivity contribution in [3.05, 3.63) is 30.2 Å². The Balaban J connectivity index is 2.51. The molecule has 0 fully saturated rings. The zero-order valence-corrected chi connectivity index (χ0v) is 10.5. The molecule has 0 saturated carbocycles. The third-order valence-electron chi connectivity index (χ3n) is 2.35. The van der Waals surface area contributed by atoms with Crippen LogP contribution >= 0.6 is 0 Å². The van der Waals surface area contributed by atoms with Crippen molar-refractivity contribution in [1.82, 2.24) is 9.55 Å². The summed E-state index contributed by atoms with van der Waals surface area (Å²) in [5.41, 5.74) is 0.451. The van der Waals surface area contributed by atoms with Gasteiger partial charge >= 0.3 is 6.09 Å². The summed E-state index contributed by atoms with van der Waals surface area (Å²) in [6, 6.07) is 1.67. The predicted molar refractivity (Wildman–Crippen MR) is 66.8 cm³/mol. The number of aromatic nitrogens is 2. The van der Waals surface area contributed by atoms with Gasteiger partial charge in [0.05, 0.1) is 5.52 Å². The van der Waals surface area contributed by atoms with Crippen LogP contribution in [-0.2, 0) is 4.74 Å². The standard InChI is InChI=1S/C13H14N2O3/c1-13(2,3)18-12(17)15-7-9(8-16)10-6-14-5-4-11(10)15/h4-8H,1-3H3. The Hall–Kier alpha value is -2.17. The van der Waals surface area contributed by atoms with Crippen molar-refractivity contribution in [3.63, 3.8) is 0 Å². The van der Waals surface area contributed by atoms with Crippen LogP contribution < -0.4 is 0 Å². The normalized spacial score (nSPS) is 11.5. The van der Waals surface area contributed by atoms with Crippen LogP contribution in [0.4, 0.5) is 4.79 Å².